The van der Waals surface area contributed by atoms with E-state index in [1.54, 1.807) is 29.6 Å². The summed E-state index contributed by atoms with van der Waals surface area (Å²) in [5.74, 6) is 0.000117. The van der Waals surface area contributed by atoms with Crippen molar-refractivity contribution >= 4 is 23.2 Å². The number of thiazole rings is 1. The monoisotopic (exact) mass is 433 g/mol. The number of likely N-dealkylation sites (tertiary alicyclic amines) is 1. The van der Waals surface area contributed by atoms with Crippen LogP contribution in [0.15, 0.2) is 35.2 Å². The molecule has 3 rings (SSSR count). The second kappa shape index (κ2) is 10.6. The van der Waals surface area contributed by atoms with Crippen molar-refractivity contribution in [3.8, 4) is 0 Å². The predicted molar refractivity (Wildman–Crippen MR) is 114 cm³/mol. The first-order valence-electron chi connectivity index (χ1n) is 10.1. The van der Waals surface area contributed by atoms with E-state index in [0.717, 1.165) is 24.1 Å². The molecule has 2 aromatic rings. The standard InChI is InChI=1S/C22H28FN3O3S/c1-25(22(28)13-29-2)20(11-16-3-5-18(23)6-4-16)17-7-9-26(10-8-17)21(27)12-19-14-30-15-24-19/h3-6,14-15,17,20H,7-13H2,1-2H3. The van der Waals surface area contributed by atoms with Crippen LogP contribution in [-0.4, -0.2) is 66.5 Å². The lowest BCUT2D eigenvalue weighted by Gasteiger charge is -2.40. The lowest BCUT2D eigenvalue weighted by Crippen LogP contribution is -2.49. The molecule has 1 aromatic heterocycles. The number of piperidine rings is 1. The van der Waals surface area contributed by atoms with Crippen LogP contribution in [0.3, 0.4) is 0 Å². The molecule has 2 amide bonds. The third kappa shape index (κ3) is 5.86. The Balaban J connectivity index is 1.65. The quantitative estimate of drug-likeness (QED) is 0.642. The Morgan fingerprint density at radius 1 is 1.30 bits per heavy atom. The Labute approximate surface area is 180 Å². The number of benzene rings is 1. The number of hydrogen-bond donors (Lipinski definition) is 0. The largest absolute Gasteiger partial charge is 0.375 e. The highest BCUT2D eigenvalue weighted by molar-refractivity contribution is 7.07. The zero-order valence-electron chi connectivity index (χ0n) is 17.4. The van der Waals surface area contributed by atoms with Gasteiger partial charge in [0.1, 0.15) is 12.4 Å². The summed E-state index contributed by atoms with van der Waals surface area (Å²) < 4.78 is 18.3. The molecule has 1 saturated heterocycles. The highest BCUT2D eigenvalue weighted by Crippen LogP contribution is 2.27. The molecule has 162 valence electrons. The average Bonchev–Trinajstić information content (AvgIpc) is 3.26. The van der Waals surface area contributed by atoms with E-state index in [4.69, 9.17) is 4.74 Å². The topological polar surface area (TPSA) is 62.7 Å². The maximum atomic E-state index is 13.3. The minimum atomic E-state index is -0.272. The van der Waals surface area contributed by atoms with Gasteiger partial charge in [0.05, 0.1) is 17.6 Å². The Bertz CT molecular complexity index is 821. The second-order valence-corrected chi connectivity index (χ2v) is 8.43. The number of nitrogens with zero attached hydrogens (tertiary/aromatic N) is 3. The number of amides is 2. The maximum absolute atomic E-state index is 13.3. The van der Waals surface area contributed by atoms with Gasteiger partial charge in [-0.2, -0.15) is 0 Å². The molecule has 0 bridgehead atoms. The molecule has 30 heavy (non-hydrogen) atoms. The Morgan fingerprint density at radius 2 is 2.00 bits per heavy atom. The number of aromatic nitrogens is 1. The van der Waals surface area contributed by atoms with Gasteiger partial charge < -0.3 is 14.5 Å². The third-order valence-corrected chi connectivity index (χ3v) is 6.40. The van der Waals surface area contributed by atoms with E-state index in [1.807, 2.05) is 10.3 Å². The van der Waals surface area contributed by atoms with Crippen molar-refractivity contribution in [3.63, 3.8) is 0 Å². The van der Waals surface area contributed by atoms with Crippen LogP contribution in [0.5, 0.6) is 0 Å². The fourth-order valence-electron chi connectivity index (χ4n) is 4.02. The Hall–Kier alpha value is -2.32. The molecule has 1 fully saturated rings. The fourth-order valence-corrected chi connectivity index (χ4v) is 4.58. The van der Waals surface area contributed by atoms with Crippen molar-refractivity contribution in [2.75, 3.05) is 33.9 Å². The van der Waals surface area contributed by atoms with Crippen LogP contribution in [0.2, 0.25) is 0 Å². The maximum Gasteiger partial charge on any atom is 0.248 e. The second-order valence-electron chi connectivity index (χ2n) is 7.71. The number of ether oxygens (including phenoxy) is 1. The van der Waals surface area contributed by atoms with Crippen molar-refractivity contribution in [2.24, 2.45) is 5.92 Å². The first kappa shape index (κ1) is 22.4. The summed E-state index contributed by atoms with van der Waals surface area (Å²) in [7, 11) is 3.31. The van der Waals surface area contributed by atoms with Crippen LogP contribution in [0.4, 0.5) is 4.39 Å². The van der Waals surface area contributed by atoms with Gasteiger partial charge in [0.2, 0.25) is 11.8 Å². The minimum absolute atomic E-state index is 0.0292. The fraction of sp³-hybridized carbons (Fsp3) is 0.500. The number of likely N-dealkylation sites (N-methyl/N-ethyl adjacent to an activating group) is 1. The van der Waals surface area contributed by atoms with E-state index in [-0.39, 0.29) is 36.2 Å². The zero-order valence-corrected chi connectivity index (χ0v) is 18.2. The average molecular weight is 434 g/mol. The van der Waals surface area contributed by atoms with Crippen LogP contribution in [0.25, 0.3) is 0 Å². The van der Waals surface area contributed by atoms with Gasteiger partial charge in [-0.25, -0.2) is 9.37 Å². The first-order chi connectivity index (χ1) is 14.5. The van der Waals surface area contributed by atoms with E-state index in [1.165, 1.54) is 30.6 Å². The van der Waals surface area contributed by atoms with Crippen molar-refractivity contribution in [1.29, 1.82) is 0 Å². The molecule has 1 atom stereocenters. The molecule has 1 aliphatic heterocycles. The molecule has 0 aliphatic carbocycles. The number of halogens is 1. The summed E-state index contributed by atoms with van der Waals surface area (Å²) in [5, 5.41) is 1.90. The molecule has 0 radical (unpaired) electrons. The van der Waals surface area contributed by atoms with Crippen molar-refractivity contribution in [2.45, 2.75) is 31.7 Å². The minimum Gasteiger partial charge on any atom is -0.375 e. The van der Waals surface area contributed by atoms with E-state index in [9.17, 15) is 14.0 Å². The summed E-state index contributed by atoms with van der Waals surface area (Å²) in [6.07, 6.45) is 2.61. The molecule has 2 heterocycles. The van der Waals surface area contributed by atoms with Crippen LogP contribution in [0, 0.1) is 11.7 Å². The van der Waals surface area contributed by atoms with Gasteiger partial charge in [-0.3, -0.25) is 9.59 Å². The van der Waals surface area contributed by atoms with E-state index < -0.39 is 0 Å². The van der Waals surface area contributed by atoms with Crippen LogP contribution >= 0.6 is 11.3 Å². The number of rotatable bonds is 8. The molecule has 8 heteroatoms. The zero-order chi connectivity index (χ0) is 21.5. The molecule has 1 aliphatic rings. The summed E-state index contributed by atoms with van der Waals surface area (Å²) in [4.78, 5) is 32.9. The molecule has 1 aromatic carbocycles. The summed E-state index contributed by atoms with van der Waals surface area (Å²) in [5.41, 5.74) is 3.54. The summed E-state index contributed by atoms with van der Waals surface area (Å²) in [6.45, 7) is 1.36. The van der Waals surface area contributed by atoms with Gasteiger partial charge in [-0.05, 0) is 42.9 Å². The lowest BCUT2D eigenvalue weighted by molar-refractivity contribution is -0.139. The first-order valence-corrected chi connectivity index (χ1v) is 11.1. The van der Waals surface area contributed by atoms with E-state index in [2.05, 4.69) is 4.98 Å². The molecule has 0 saturated carbocycles. The predicted octanol–water partition coefficient (Wildman–Crippen LogP) is 2.78. The van der Waals surface area contributed by atoms with Gasteiger partial charge in [0.15, 0.2) is 0 Å². The highest BCUT2D eigenvalue weighted by atomic mass is 32.1. The highest BCUT2D eigenvalue weighted by Gasteiger charge is 2.32. The number of carbonyl (C=O) groups excluding carboxylic acids is 2. The van der Waals surface area contributed by atoms with Gasteiger partial charge in [-0.1, -0.05) is 12.1 Å². The third-order valence-electron chi connectivity index (χ3n) is 5.77. The molecule has 0 spiro atoms. The van der Waals surface area contributed by atoms with Crippen molar-refractivity contribution in [1.82, 2.24) is 14.8 Å². The van der Waals surface area contributed by atoms with Gasteiger partial charge >= 0.3 is 0 Å². The number of carbonyl (C=O) groups is 2. The summed E-state index contributed by atoms with van der Waals surface area (Å²) >= 11 is 1.49. The van der Waals surface area contributed by atoms with Crippen LogP contribution < -0.4 is 0 Å². The normalized spacial score (nSPS) is 15.8. The van der Waals surface area contributed by atoms with Gasteiger partial charge in [-0.15, -0.1) is 11.3 Å². The van der Waals surface area contributed by atoms with Gasteiger partial charge in [0.25, 0.3) is 0 Å². The molecule has 0 N–H and O–H groups in total. The molecular weight excluding hydrogens is 405 g/mol. The molecule has 1 unspecified atom stereocenters. The van der Waals surface area contributed by atoms with Crippen LogP contribution in [0.1, 0.15) is 24.1 Å². The van der Waals surface area contributed by atoms with Gasteiger partial charge in [0, 0.05) is 38.7 Å². The van der Waals surface area contributed by atoms with Crippen molar-refractivity contribution in [3.05, 3.63) is 52.2 Å². The lowest BCUT2D eigenvalue weighted by atomic mass is 9.84. The summed E-state index contributed by atoms with van der Waals surface area (Å²) in [6, 6.07) is 6.40. The van der Waals surface area contributed by atoms with Crippen molar-refractivity contribution < 1.29 is 18.7 Å². The molecular formula is C22H28FN3O3S. The number of methoxy groups -OCH3 is 1. The van der Waals surface area contributed by atoms with E-state index >= 15 is 0 Å². The number of hydrogen-bond acceptors (Lipinski definition) is 5. The van der Waals surface area contributed by atoms with Crippen LogP contribution in [-0.2, 0) is 27.2 Å². The Kier molecular flexibility index (Phi) is 7.93. The SMILES string of the molecule is COCC(=O)N(C)C(Cc1ccc(F)cc1)C1CCN(C(=O)Cc2cscn2)CC1. The molecule has 6 nitrogen and oxygen atoms in total. The Morgan fingerprint density at radius 3 is 2.60 bits per heavy atom. The van der Waals surface area contributed by atoms with E-state index in [0.29, 0.717) is 25.9 Å². The smallest absolute Gasteiger partial charge is 0.248 e.